The Labute approximate surface area is 75.8 Å². The van der Waals surface area contributed by atoms with Crippen LogP contribution in [0.25, 0.3) is 0 Å². The van der Waals surface area contributed by atoms with Crippen LogP contribution in [-0.2, 0) is 0 Å². The summed E-state index contributed by atoms with van der Waals surface area (Å²) in [5.74, 6) is 0.969. The van der Waals surface area contributed by atoms with Gasteiger partial charge in [0.15, 0.2) is 5.16 Å². The minimum absolute atomic E-state index is 0.359. The van der Waals surface area contributed by atoms with Crippen LogP contribution < -0.4 is 0 Å². The first-order chi connectivity index (χ1) is 5.70. The van der Waals surface area contributed by atoms with E-state index in [9.17, 15) is 5.11 Å². The highest BCUT2D eigenvalue weighted by atomic mass is 32.2. The summed E-state index contributed by atoms with van der Waals surface area (Å²) in [6.45, 7) is 3.98. The molecule has 0 aliphatic carbocycles. The van der Waals surface area contributed by atoms with Crippen molar-refractivity contribution < 1.29 is 5.11 Å². The van der Waals surface area contributed by atoms with Gasteiger partial charge in [0.1, 0.15) is 6.23 Å². The molecule has 1 aliphatic rings. The number of hydrogen-bond acceptors (Lipinski definition) is 3. The first kappa shape index (κ1) is 8.13. The minimum Gasteiger partial charge on any atom is -0.373 e. The minimum atomic E-state index is -0.359. The summed E-state index contributed by atoms with van der Waals surface area (Å²) in [6.07, 6.45) is 0.469. The Morgan fingerprint density at radius 1 is 1.58 bits per heavy atom. The molecule has 3 nitrogen and oxygen atoms in total. The molecule has 0 spiro atoms. The standard InChI is InChI=1S/C8H12N2OS/c1-5-6(2)10-7(11)3-4-12-8(10)9-5/h7,11H,3-4H2,1-2H3. The van der Waals surface area contributed by atoms with Crippen molar-refractivity contribution in [2.24, 2.45) is 0 Å². The van der Waals surface area contributed by atoms with E-state index >= 15 is 0 Å². The smallest absolute Gasteiger partial charge is 0.170 e. The summed E-state index contributed by atoms with van der Waals surface area (Å²) >= 11 is 1.72. The van der Waals surface area contributed by atoms with E-state index < -0.39 is 0 Å². The van der Waals surface area contributed by atoms with Crippen molar-refractivity contribution in [3.8, 4) is 0 Å². The molecule has 66 valence electrons. The van der Waals surface area contributed by atoms with E-state index in [0.717, 1.165) is 28.7 Å². The van der Waals surface area contributed by atoms with Gasteiger partial charge in [-0.15, -0.1) is 0 Å². The lowest BCUT2D eigenvalue weighted by Crippen LogP contribution is -2.16. The SMILES string of the molecule is Cc1nc2n(c1C)C(O)CCS2. The van der Waals surface area contributed by atoms with Crippen molar-refractivity contribution in [1.29, 1.82) is 0 Å². The van der Waals surface area contributed by atoms with Gasteiger partial charge in [-0.2, -0.15) is 0 Å². The van der Waals surface area contributed by atoms with Crippen LogP contribution in [0.5, 0.6) is 0 Å². The number of hydrogen-bond donors (Lipinski definition) is 1. The number of fused-ring (bicyclic) bond motifs is 1. The lowest BCUT2D eigenvalue weighted by molar-refractivity contribution is 0.0867. The van der Waals surface area contributed by atoms with Gasteiger partial charge in [0.2, 0.25) is 0 Å². The number of rotatable bonds is 0. The molecule has 0 saturated heterocycles. The van der Waals surface area contributed by atoms with E-state index in [1.807, 2.05) is 18.4 Å². The molecule has 0 saturated carbocycles. The third kappa shape index (κ3) is 1.06. The molecular weight excluding hydrogens is 172 g/mol. The lowest BCUT2D eigenvalue weighted by atomic mass is 10.3. The molecule has 1 N–H and O–H groups in total. The Balaban J connectivity index is 2.54. The van der Waals surface area contributed by atoms with E-state index in [1.165, 1.54) is 0 Å². The van der Waals surface area contributed by atoms with Gasteiger partial charge in [0, 0.05) is 17.9 Å². The molecule has 1 atom stereocenters. The van der Waals surface area contributed by atoms with E-state index in [1.54, 1.807) is 11.8 Å². The van der Waals surface area contributed by atoms with Gasteiger partial charge in [-0.3, -0.25) is 4.57 Å². The third-order valence-corrected chi connectivity index (χ3v) is 3.25. The van der Waals surface area contributed by atoms with E-state index in [0.29, 0.717) is 0 Å². The van der Waals surface area contributed by atoms with E-state index in [-0.39, 0.29) is 6.23 Å². The number of aromatic nitrogens is 2. The Hall–Kier alpha value is -0.480. The predicted molar refractivity (Wildman–Crippen MR) is 48.3 cm³/mol. The maximum absolute atomic E-state index is 9.67. The fourth-order valence-corrected chi connectivity index (χ4v) is 2.54. The Morgan fingerprint density at radius 3 is 3.00 bits per heavy atom. The maximum Gasteiger partial charge on any atom is 0.170 e. The molecule has 2 rings (SSSR count). The van der Waals surface area contributed by atoms with Gasteiger partial charge in [-0.1, -0.05) is 11.8 Å². The largest absolute Gasteiger partial charge is 0.373 e. The Kier molecular flexibility index (Phi) is 1.88. The number of nitrogens with zero attached hydrogens (tertiary/aromatic N) is 2. The molecule has 1 unspecified atom stereocenters. The fourth-order valence-electron chi connectivity index (χ4n) is 1.43. The van der Waals surface area contributed by atoms with Crippen LogP contribution in [0.15, 0.2) is 5.16 Å². The van der Waals surface area contributed by atoms with Crippen LogP contribution in [-0.4, -0.2) is 20.4 Å². The van der Waals surface area contributed by atoms with E-state index in [2.05, 4.69) is 4.98 Å². The van der Waals surface area contributed by atoms with Crippen molar-refractivity contribution in [1.82, 2.24) is 9.55 Å². The molecule has 0 amide bonds. The van der Waals surface area contributed by atoms with Crippen LogP contribution in [0.4, 0.5) is 0 Å². The second-order valence-corrected chi connectivity index (χ2v) is 4.12. The number of imidazole rings is 1. The van der Waals surface area contributed by atoms with Gasteiger partial charge >= 0.3 is 0 Å². The molecule has 0 bridgehead atoms. The lowest BCUT2D eigenvalue weighted by Gasteiger charge is -2.20. The predicted octanol–water partition coefficient (Wildman–Crippen LogP) is 1.49. The monoisotopic (exact) mass is 184 g/mol. The molecule has 1 aromatic rings. The first-order valence-electron chi connectivity index (χ1n) is 4.06. The average Bonchev–Trinajstić information content (AvgIpc) is 2.29. The van der Waals surface area contributed by atoms with Gasteiger partial charge in [0.25, 0.3) is 0 Å². The highest BCUT2D eigenvalue weighted by Gasteiger charge is 2.21. The number of aryl methyl sites for hydroxylation is 1. The van der Waals surface area contributed by atoms with Crippen LogP contribution in [0.1, 0.15) is 24.0 Å². The van der Waals surface area contributed by atoms with Gasteiger partial charge in [-0.05, 0) is 13.8 Å². The highest BCUT2D eigenvalue weighted by molar-refractivity contribution is 7.99. The van der Waals surface area contributed by atoms with Gasteiger partial charge < -0.3 is 5.11 Å². The normalized spacial score (nSPS) is 22.4. The molecule has 12 heavy (non-hydrogen) atoms. The summed E-state index contributed by atoms with van der Waals surface area (Å²) in [4.78, 5) is 4.37. The summed E-state index contributed by atoms with van der Waals surface area (Å²) in [5.41, 5.74) is 2.11. The first-order valence-corrected chi connectivity index (χ1v) is 5.05. The van der Waals surface area contributed by atoms with Gasteiger partial charge in [-0.25, -0.2) is 4.98 Å². The van der Waals surface area contributed by atoms with Crippen molar-refractivity contribution in [2.75, 3.05) is 5.75 Å². The maximum atomic E-state index is 9.67. The topological polar surface area (TPSA) is 38.0 Å². The quantitative estimate of drug-likeness (QED) is 0.663. The van der Waals surface area contributed by atoms with Crippen molar-refractivity contribution >= 4 is 11.8 Å². The second kappa shape index (κ2) is 2.78. The van der Waals surface area contributed by atoms with E-state index in [4.69, 9.17) is 0 Å². The zero-order chi connectivity index (χ0) is 8.72. The summed E-state index contributed by atoms with van der Waals surface area (Å²) in [5, 5.41) is 10.6. The Bertz CT molecular complexity index is 308. The molecule has 0 radical (unpaired) electrons. The molecule has 1 aromatic heterocycles. The number of aliphatic hydroxyl groups excluding tert-OH is 1. The number of thioether (sulfide) groups is 1. The summed E-state index contributed by atoms with van der Waals surface area (Å²) < 4.78 is 1.92. The van der Waals surface area contributed by atoms with Crippen LogP contribution in [0.3, 0.4) is 0 Å². The highest BCUT2D eigenvalue weighted by Crippen LogP contribution is 2.31. The molecule has 1 aliphatic heterocycles. The molecule has 0 fully saturated rings. The van der Waals surface area contributed by atoms with Crippen LogP contribution >= 0.6 is 11.8 Å². The molecular formula is C8H12N2OS. The zero-order valence-corrected chi connectivity index (χ0v) is 8.06. The zero-order valence-electron chi connectivity index (χ0n) is 7.24. The Morgan fingerprint density at radius 2 is 2.33 bits per heavy atom. The second-order valence-electron chi connectivity index (χ2n) is 3.05. The fraction of sp³-hybridized carbons (Fsp3) is 0.625. The average molecular weight is 184 g/mol. The van der Waals surface area contributed by atoms with Crippen molar-refractivity contribution in [3.05, 3.63) is 11.4 Å². The summed E-state index contributed by atoms with van der Waals surface area (Å²) in [7, 11) is 0. The van der Waals surface area contributed by atoms with Crippen molar-refractivity contribution in [2.45, 2.75) is 31.7 Å². The van der Waals surface area contributed by atoms with Crippen molar-refractivity contribution in [3.63, 3.8) is 0 Å². The van der Waals surface area contributed by atoms with Crippen LogP contribution in [0, 0.1) is 13.8 Å². The molecule has 4 heteroatoms. The number of aliphatic hydroxyl groups is 1. The van der Waals surface area contributed by atoms with Crippen LogP contribution in [0.2, 0.25) is 0 Å². The summed E-state index contributed by atoms with van der Waals surface area (Å²) in [6, 6.07) is 0. The molecule has 2 heterocycles. The van der Waals surface area contributed by atoms with Gasteiger partial charge in [0.05, 0.1) is 5.69 Å². The third-order valence-electron chi connectivity index (χ3n) is 2.26. The molecule has 0 aromatic carbocycles.